The molecular weight excluding hydrogens is 258 g/mol. The number of hydrogen-bond donors (Lipinski definition) is 0. The van der Waals surface area contributed by atoms with Crippen LogP contribution in [0.25, 0.3) is 0 Å². The summed E-state index contributed by atoms with van der Waals surface area (Å²) in [7, 11) is 0. The topological polar surface area (TPSA) is 74.1 Å². The molecular formula is C11H6ClN3O3. The minimum absolute atomic E-state index is 0.0649. The molecule has 0 N–H and O–H groups in total. The predicted molar refractivity (Wildman–Crippen MR) is 61.5 cm³/mol. The lowest BCUT2D eigenvalue weighted by Gasteiger charge is -2.10. The molecule has 0 aliphatic carbocycles. The molecule has 1 atom stereocenters. The van der Waals surface area contributed by atoms with Crippen LogP contribution >= 0.6 is 11.6 Å². The molecule has 90 valence electrons. The monoisotopic (exact) mass is 263 g/mol. The van der Waals surface area contributed by atoms with Crippen LogP contribution in [0.1, 0.15) is 11.6 Å². The van der Waals surface area contributed by atoms with Crippen molar-refractivity contribution in [1.29, 1.82) is 0 Å². The Labute approximate surface area is 106 Å². The molecule has 2 aromatic rings. The van der Waals surface area contributed by atoms with E-state index in [9.17, 15) is 9.59 Å². The van der Waals surface area contributed by atoms with Gasteiger partial charge in [-0.3, -0.25) is 0 Å². The SMILES string of the molecule is O=C1Oc2ncnc(=O)n2C1c1ccccc1Cl. The highest BCUT2D eigenvalue weighted by atomic mass is 35.5. The van der Waals surface area contributed by atoms with E-state index >= 15 is 0 Å². The molecule has 3 rings (SSSR count). The first-order valence-electron chi connectivity index (χ1n) is 5.08. The van der Waals surface area contributed by atoms with Crippen molar-refractivity contribution in [1.82, 2.24) is 14.5 Å². The summed E-state index contributed by atoms with van der Waals surface area (Å²) < 4.78 is 6.01. The molecule has 0 spiro atoms. The molecule has 0 saturated carbocycles. The second-order valence-corrected chi connectivity index (χ2v) is 4.06. The Morgan fingerprint density at radius 1 is 1.22 bits per heavy atom. The Morgan fingerprint density at radius 2 is 2.00 bits per heavy atom. The highest BCUT2D eigenvalue weighted by Crippen LogP contribution is 2.32. The van der Waals surface area contributed by atoms with Crippen molar-refractivity contribution >= 4 is 17.6 Å². The average Bonchev–Trinajstić information content (AvgIpc) is 2.68. The normalized spacial score (nSPS) is 17.4. The van der Waals surface area contributed by atoms with Gasteiger partial charge in [-0.1, -0.05) is 29.8 Å². The lowest BCUT2D eigenvalue weighted by Crippen LogP contribution is -2.27. The third-order valence-electron chi connectivity index (χ3n) is 2.62. The van der Waals surface area contributed by atoms with E-state index in [1.54, 1.807) is 24.3 Å². The summed E-state index contributed by atoms with van der Waals surface area (Å²) in [6, 6.07) is 5.76. The number of esters is 1. The number of aromatic nitrogens is 3. The van der Waals surface area contributed by atoms with Gasteiger partial charge in [0.25, 0.3) is 0 Å². The molecule has 0 bridgehead atoms. The number of carbonyl (C=O) groups excluding carboxylic acids is 1. The van der Waals surface area contributed by atoms with Crippen LogP contribution in [-0.2, 0) is 4.79 Å². The van der Waals surface area contributed by atoms with Crippen molar-refractivity contribution in [3.8, 4) is 6.01 Å². The van der Waals surface area contributed by atoms with Gasteiger partial charge in [0.15, 0.2) is 6.04 Å². The van der Waals surface area contributed by atoms with Crippen molar-refractivity contribution in [2.75, 3.05) is 0 Å². The molecule has 1 aromatic heterocycles. The van der Waals surface area contributed by atoms with Crippen molar-refractivity contribution in [3.63, 3.8) is 0 Å². The smallest absolute Gasteiger partial charge is 0.354 e. The fourth-order valence-corrected chi connectivity index (χ4v) is 2.08. The minimum Gasteiger partial charge on any atom is -0.390 e. The first-order valence-corrected chi connectivity index (χ1v) is 5.46. The number of nitrogens with zero attached hydrogens (tertiary/aromatic N) is 3. The van der Waals surface area contributed by atoms with E-state index in [4.69, 9.17) is 16.3 Å². The first-order chi connectivity index (χ1) is 8.68. The molecule has 7 heteroatoms. The van der Waals surface area contributed by atoms with Gasteiger partial charge in [0.05, 0.1) is 0 Å². The number of ether oxygens (including phenoxy) is 1. The van der Waals surface area contributed by atoms with Crippen LogP contribution in [0.4, 0.5) is 0 Å². The van der Waals surface area contributed by atoms with E-state index in [0.717, 1.165) is 10.9 Å². The maximum absolute atomic E-state index is 11.8. The van der Waals surface area contributed by atoms with Gasteiger partial charge >= 0.3 is 17.7 Å². The van der Waals surface area contributed by atoms with E-state index < -0.39 is 17.7 Å². The standard InChI is InChI=1S/C11H6ClN3O3/c12-7-4-2-1-3-6(7)8-9(16)18-11-14-5-13-10(17)15(8)11/h1-5,8H. The van der Waals surface area contributed by atoms with Gasteiger partial charge in [0.2, 0.25) is 0 Å². The zero-order valence-corrected chi connectivity index (χ0v) is 9.66. The molecule has 6 nitrogen and oxygen atoms in total. The van der Waals surface area contributed by atoms with Crippen molar-refractivity contribution < 1.29 is 9.53 Å². The van der Waals surface area contributed by atoms with E-state index in [-0.39, 0.29) is 6.01 Å². The Hall–Kier alpha value is -2.21. The van der Waals surface area contributed by atoms with Gasteiger partial charge in [0, 0.05) is 10.6 Å². The van der Waals surface area contributed by atoms with E-state index in [2.05, 4.69) is 9.97 Å². The maximum Gasteiger partial charge on any atom is 0.354 e. The molecule has 0 saturated heterocycles. The summed E-state index contributed by atoms with van der Waals surface area (Å²) in [5, 5.41) is 0.378. The molecule has 1 aliphatic rings. The van der Waals surface area contributed by atoms with Gasteiger partial charge in [0.1, 0.15) is 6.33 Å². The second-order valence-electron chi connectivity index (χ2n) is 3.65. The molecule has 1 unspecified atom stereocenters. The van der Waals surface area contributed by atoms with Gasteiger partial charge < -0.3 is 4.74 Å². The number of rotatable bonds is 1. The van der Waals surface area contributed by atoms with Crippen LogP contribution in [-0.4, -0.2) is 20.5 Å². The summed E-state index contributed by atoms with van der Waals surface area (Å²) in [5.74, 6) is -0.597. The number of halogens is 1. The third-order valence-corrected chi connectivity index (χ3v) is 2.97. The second kappa shape index (κ2) is 3.92. The Bertz CT molecular complexity index is 698. The van der Waals surface area contributed by atoms with Crippen LogP contribution in [0.3, 0.4) is 0 Å². The summed E-state index contributed by atoms with van der Waals surface area (Å²) in [6.45, 7) is 0. The summed E-state index contributed by atoms with van der Waals surface area (Å²) >= 11 is 6.02. The van der Waals surface area contributed by atoms with Crippen molar-refractivity contribution in [3.05, 3.63) is 51.7 Å². The quantitative estimate of drug-likeness (QED) is 0.712. The molecule has 0 amide bonds. The average molecular weight is 264 g/mol. The van der Waals surface area contributed by atoms with Crippen LogP contribution in [0.15, 0.2) is 35.4 Å². The van der Waals surface area contributed by atoms with Crippen molar-refractivity contribution in [2.45, 2.75) is 6.04 Å². The molecule has 1 aliphatic heterocycles. The molecule has 0 radical (unpaired) electrons. The van der Waals surface area contributed by atoms with Crippen LogP contribution in [0.5, 0.6) is 6.01 Å². The summed E-state index contributed by atoms with van der Waals surface area (Å²) in [6.07, 6.45) is 1.05. The van der Waals surface area contributed by atoms with Gasteiger partial charge in [-0.2, -0.15) is 9.97 Å². The maximum atomic E-state index is 11.8. The van der Waals surface area contributed by atoms with Gasteiger partial charge in [-0.15, -0.1) is 0 Å². The third kappa shape index (κ3) is 1.50. The predicted octanol–water partition coefficient (Wildman–Crippen LogP) is 0.800. The van der Waals surface area contributed by atoms with E-state index in [1.807, 2.05) is 0 Å². The van der Waals surface area contributed by atoms with Crippen LogP contribution in [0, 0.1) is 0 Å². The number of hydrogen-bond acceptors (Lipinski definition) is 5. The Kier molecular flexibility index (Phi) is 2.38. The number of fused-ring (bicyclic) bond motifs is 1. The van der Waals surface area contributed by atoms with Crippen LogP contribution in [0.2, 0.25) is 5.02 Å². The minimum atomic E-state index is -0.928. The fourth-order valence-electron chi connectivity index (χ4n) is 1.84. The van der Waals surface area contributed by atoms with Gasteiger partial charge in [-0.25, -0.2) is 14.2 Å². The number of carbonyl (C=O) groups is 1. The summed E-state index contributed by atoms with van der Waals surface area (Å²) in [5.41, 5.74) is -0.115. The highest BCUT2D eigenvalue weighted by Gasteiger charge is 2.37. The molecule has 2 heterocycles. The Morgan fingerprint density at radius 3 is 2.78 bits per heavy atom. The van der Waals surface area contributed by atoms with E-state index in [1.165, 1.54) is 0 Å². The van der Waals surface area contributed by atoms with Crippen LogP contribution < -0.4 is 10.4 Å². The lowest BCUT2D eigenvalue weighted by molar-refractivity contribution is -0.133. The van der Waals surface area contributed by atoms with Gasteiger partial charge in [-0.05, 0) is 6.07 Å². The molecule has 18 heavy (non-hydrogen) atoms. The Balaban J connectivity index is 2.24. The first kappa shape index (κ1) is 10.9. The zero-order valence-electron chi connectivity index (χ0n) is 8.91. The fraction of sp³-hybridized carbons (Fsp3) is 0.0909. The van der Waals surface area contributed by atoms with E-state index in [0.29, 0.717) is 10.6 Å². The number of benzene rings is 1. The largest absolute Gasteiger partial charge is 0.390 e. The summed E-state index contributed by atoms with van der Waals surface area (Å²) in [4.78, 5) is 30.8. The zero-order chi connectivity index (χ0) is 12.7. The highest BCUT2D eigenvalue weighted by molar-refractivity contribution is 6.31. The molecule has 1 aromatic carbocycles. The molecule has 0 fully saturated rings. The van der Waals surface area contributed by atoms with Crippen molar-refractivity contribution in [2.24, 2.45) is 0 Å². The lowest BCUT2D eigenvalue weighted by atomic mass is 10.1.